The van der Waals surface area contributed by atoms with E-state index in [4.69, 9.17) is 18.8 Å². The van der Waals surface area contributed by atoms with Crippen molar-refractivity contribution >= 4 is 104 Å². The molecule has 0 radical (unpaired) electrons. The van der Waals surface area contributed by atoms with E-state index in [1.165, 1.54) is 32.6 Å². The zero-order chi connectivity index (χ0) is 32.2. The monoisotopic (exact) mass is 638 g/mol. The molecule has 6 heteroatoms. The Labute approximate surface area is 281 Å². The lowest BCUT2D eigenvalue weighted by molar-refractivity contribution is 0.666. The molecule has 50 heavy (non-hydrogen) atoms. The third-order valence-corrected chi connectivity index (χ3v) is 10.8. The zero-order valence-electron chi connectivity index (χ0n) is 26.3. The van der Waals surface area contributed by atoms with Gasteiger partial charge in [0.25, 0.3) is 0 Å². The first-order valence-corrected chi connectivity index (χ1v) is 16.8. The summed E-state index contributed by atoms with van der Waals surface area (Å²) in [5.74, 6) is 0.599. The van der Waals surface area contributed by atoms with E-state index in [2.05, 4.69) is 124 Å². The van der Waals surface area contributed by atoms with Crippen LogP contribution >= 0.6 is 0 Å². The van der Waals surface area contributed by atoms with Crippen LogP contribution in [0.4, 0.5) is 0 Å². The molecule has 13 rings (SSSR count). The maximum absolute atomic E-state index is 6.56. The molecule has 0 atom stereocenters. The molecule has 0 aliphatic rings. The first-order valence-electron chi connectivity index (χ1n) is 16.8. The highest BCUT2D eigenvalue weighted by Gasteiger charge is 2.28. The summed E-state index contributed by atoms with van der Waals surface area (Å²) >= 11 is 0. The third-order valence-electron chi connectivity index (χ3n) is 10.8. The normalized spacial score (nSPS) is 12.8. The Morgan fingerprint density at radius 1 is 0.460 bits per heavy atom. The van der Waals surface area contributed by atoms with Gasteiger partial charge >= 0.3 is 0 Å². The molecule has 0 saturated heterocycles. The molecule has 7 aromatic carbocycles. The van der Waals surface area contributed by atoms with Gasteiger partial charge in [0, 0.05) is 37.9 Å². The Kier molecular flexibility index (Phi) is 4.30. The maximum atomic E-state index is 6.56. The molecular weight excluding hydrogens is 617 g/mol. The van der Waals surface area contributed by atoms with Crippen molar-refractivity contribution in [1.29, 1.82) is 0 Å². The second-order valence-electron chi connectivity index (χ2n) is 13.3. The second kappa shape index (κ2) is 8.56. The highest BCUT2D eigenvalue weighted by atomic mass is 16.3. The fourth-order valence-electron chi connectivity index (χ4n) is 8.79. The molecule has 0 bridgehead atoms. The van der Waals surface area contributed by atoms with E-state index < -0.39 is 0 Å². The number of furan rings is 2. The number of fused-ring (bicyclic) bond motifs is 8. The van der Waals surface area contributed by atoms with Crippen LogP contribution in [0.5, 0.6) is 0 Å². The summed E-state index contributed by atoms with van der Waals surface area (Å²) < 4.78 is 17.8. The smallest absolute Gasteiger partial charge is 0.236 e. The van der Waals surface area contributed by atoms with E-state index in [9.17, 15) is 0 Å². The van der Waals surface area contributed by atoms with Crippen LogP contribution in [0, 0.1) is 0 Å². The van der Waals surface area contributed by atoms with Gasteiger partial charge in [-0.15, -0.1) is 0 Å². The highest BCUT2D eigenvalue weighted by molar-refractivity contribution is 6.37. The molecule has 13 aromatic rings. The van der Waals surface area contributed by atoms with E-state index in [1.807, 2.05) is 18.2 Å². The fourth-order valence-corrected chi connectivity index (χ4v) is 8.79. The minimum Gasteiger partial charge on any atom is -0.456 e. The van der Waals surface area contributed by atoms with Crippen molar-refractivity contribution in [1.82, 2.24) is 18.9 Å². The Morgan fingerprint density at radius 2 is 1.22 bits per heavy atom. The summed E-state index contributed by atoms with van der Waals surface area (Å²) in [6, 6.07) is 46.9. The predicted molar refractivity (Wildman–Crippen MR) is 202 cm³/mol. The summed E-state index contributed by atoms with van der Waals surface area (Å²) in [6.07, 6.45) is 0. The molecule has 6 heterocycles. The molecule has 0 spiro atoms. The average molecular weight is 639 g/mol. The van der Waals surface area contributed by atoms with Crippen LogP contribution in [-0.2, 0) is 0 Å². The lowest BCUT2D eigenvalue weighted by Gasteiger charge is -2.10. The zero-order valence-corrected chi connectivity index (χ0v) is 26.3. The van der Waals surface area contributed by atoms with Crippen molar-refractivity contribution in [3.8, 4) is 17.2 Å². The van der Waals surface area contributed by atoms with Gasteiger partial charge in [0.2, 0.25) is 5.95 Å². The average Bonchev–Trinajstić information content (AvgIpc) is 3.89. The van der Waals surface area contributed by atoms with Crippen molar-refractivity contribution in [3.05, 3.63) is 133 Å². The molecular formula is C44H22N4O2. The van der Waals surface area contributed by atoms with Crippen LogP contribution in [0.15, 0.2) is 142 Å². The standard InChI is InChI=1S/C44H22N4O2/c1-2-9-24-22-25(17-16-23(24)8-1)40-43-41(28-11-4-6-14-33(28)50-43)46-44(45-40)48-31-20-21-35-39-36-30(13-7-15-34(36)49-35)47-29-12-5-3-10-26(29)27-18-19-32(48)38(37(31)39)42(27)47/h1-22H. The first kappa shape index (κ1) is 25.1. The van der Waals surface area contributed by atoms with Gasteiger partial charge in [-0.2, -0.15) is 0 Å². The molecule has 0 amide bonds. The Hall–Kier alpha value is -6.92. The molecule has 6 nitrogen and oxygen atoms in total. The van der Waals surface area contributed by atoms with Gasteiger partial charge in [-0.1, -0.05) is 78.9 Å². The van der Waals surface area contributed by atoms with Crippen LogP contribution in [0.25, 0.3) is 121 Å². The summed E-state index contributed by atoms with van der Waals surface area (Å²) in [7, 11) is 0. The summed E-state index contributed by atoms with van der Waals surface area (Å²) in [4.78, 5) is 10.8. The third kappa shape index (κ3) is 2.89. The highest BCUT2D eigenvalue weighted by Crippen LogP contribution is 2.48. The molecule has 6 aromatic heterocycles. The van der Waals surface area contributed by atoms with Crippen LogP contribution in [-0.4, -0.2) is 18.9 Å². The largest absolute Gasteiger partial charge is 0.456 e. The quantitative estimate of drug-likeness (QED) is 0.189. The Morgan fingerprint density at radius 3 is 2.18 bits per heavy atom. The minimum absolute atomic E-state index is 0.599. The van der Waals surface area contributed by atoms with Gasteiger partial charge in [0.05, 0.1) is 33.0 Å². The minimum atomic E-state index is 0.599. The van der Waals surface area contributed by atoms with Crippen LogP contribution in [0.3, 0.4) is 0 Å². The lowest BCUT2D eigenvalue weighted by Crippen LogP contribution is -2.03. The van der Waals surface area contributed by atoms with Gasteiger partial charge in [0.15, 0.2) is 5.58 Å². The van der Waals surface area contributed by atoms with Gasteiger partial charge < -0.3 is 13.2 Å². The van der Waals surface area contributed by atoms with E-state index >= 15 is 0 Å². The number of para-hydroxylation sites is 2. The number of aromatic nitrogens is 4. The number of rotatable bonds is 2. The SMILES string of the molecule is c1ccc2cc(-c3nc(-n4c5ccc6oc7cccc8c7c6c5c5c4ccc4c6ccccc6n8c45)nc4c3oc3ccccc34)ccc2c1. The molecule has 0 aliphatic carbocycles. The molecule has 0 saturated carbocycles. The number of benzene rings is 7. The lowest BCUT2D eigenvalue weighted by atomic mass is 10.0. The van der Waals surface area contributed by atoms with Crippen molar-refractivity contribution in [2.75, 3.05) is 0 Å². The van der Waals surface area contributed by atoms with Crippen molar-refractivity contribution in [2.24, 2.45) is 0 Å². The van der Waals surface area contributed by atoms with Gasteiger partial charge in [-0.05, 0) is 65.4 Å². The molecule has 0 N–H and O–H groups in total. The van der Waals surface area contributed by atoms with E-state index in [0.717, 1.165) is 77.0 Å². The van der Waals surface area contributed by atoms with E-state index in [-0.39, 0.29) is 0 Å². The van der Waals surface area contributed by atoms with Crippen LogP contribution < -0.4 is 0 Å². The van der Waals surface area contributed by atoms with E-state index in [1.54, 1.807) is 0 Å². The van der Waals surface area contributed by atoms with Crippen LogP contribution in [0.2, 0.25) is 0 Å². The molecule has 0 aliphatic heterocycles. The number of nitrogens with zero attached hydrogens (tertiary/aromatic N) is 4. The van der Waals surface area contributed by atoms with Gasteiger partial charge in [-0.25, -0.2) is 9.97 Å². The summed E-state index contributed by atoms with van der Waals surface area (Å²) in [5.41, 5.74) is 11.3. The summed E-state index contributed by atoms with van der Waals surface area (Å²) in [6.45, 7) is 0. The first-order chi connectivity index (χ1) is 24.8. The van der Waals surface area contributed by atoms with Crippen LogP contribution in [0.1, 0.15) is 0 Å². The van der Waals surface area contributed by atoms with Crippen molar-refractivity contribution in [2.45, 2.75) is 0 Å². The molecule has 0 fully saturated rings. The predicted octanol–water partition coefficient (Wildman–Crippen LogP) is 11.6. The van der Waals surface area contributed by atoms with Crippen molar-refractivity contribution in [3.63, 3.8) is 0 Å². The van der Waals surface area contributed by atoms with Gasteiger partial charge in [-0.3, -0.25) is 4.57 Å². The second-order valence-corrected chi connectivity index (χ2v) is 13.3. The van der Waals surface area contributed by atoms with Crippen molar-refractivity contribution < 1.29 is 8.83 Å². The topological polar surface area (TPSA) is 61.4 Å². The summed E-state index contributed by atoms with van der Waals surface area (Å²) in [5, 5.41) is 10.3. The number of hydrogen-bond acceptors (Lipinski definition) is 4. The number of hydrogen-bond donors (Lipinski definition) is 0. The van der Waals surface area contributed by atoms with Gasteiger partial charge in [0.1, 0.15) is 28.0 Å². The Bertz CT molecular complexity index is 3560. The molecule has 0 unspecified atom stereocenters. The Balaban J connectivity index is 1.25. The van der Waals surface area contributed by atoms with E-state index in [0.29, 0.717) is 11.5 Å². The maximum Gasteiger partial charge on any atom is 0.236 e. The molecule has 230 valence electrons. The fraction of sp³-hybridized carbons (Fsp3) is 0.